The third kappa shape index (κ3) is 4.75. The second kappa shape index (κ2) is 7.69. The van der Waals surface area contributed by atoms with Crippen LogP contribution in [0.25, 0.3) is 0 Å². The number of carbonyl (C=O) groups is 3. The Kier molecular flexibility index (Phi) is 5.65. The first-order valence-electron chi connectivity index (χ1n) is 6.88. The molecule has 0 radical (unpaired) electrons. The standard InChI is InChI=1S/C17H14BrNO4/c18-12-6-7-14(13(10-12)17(22)23)19-16(21)9-8-15(20)11-4-2-1-3-5-11/h1-7,10H,8-9H2,(H,19,21)(H,22,23). The van der Waals surface area contributed by atoms with Gasteiger partial charge in [0.1, 0.15) is 0 Å². The summed E-state index contributed by atoms with van der Waals surface area (Å²) in [5.74, 6) is -1.67. The molecule has 0 aromatic heterocycles. The van der Waals surface area contributed by atoms with Crippen LogP contribution in [-0.2, 0) is 4.79 Å². The molecule has 0 atom stereocenters. The van der Waals surface area contributed by atoms with Crippen molar-refractivity contribution in [1.82, 2.24) is 0 Å². The molecule has 5 nitrogen and oxygen atoms in total. The highest BCUT2D eigenvalue weighted by Gasteiger charge is 2.14. The number of anilines is 1. The summed E-state index contributed by atoms with van der Waals surface area (Å²) in [7, 11) is 0. The number of ketones is 1. The fourth-order valence-electron chi connectivity index (χ4n) is 2.01. The highest BCUT2D eigenvalue weighted by atomic mass is 79.9. The number of benzene rings is 2. The number of halogens is 1. The summed E-state index contributed by atoms with van der Waals surface area (Å²) >= 11 is 3.19. The van der Waals surface area contributed by atoms with Crippen LogP contribution in [0.3, 0.4) is 0 Å². The molecule has 2 aromatic carbocycles. The van der Waals surface area contributed by atoms with E-state index in [2.05, 4.69) is 21.2 Å². The minimum Gasteiger partial charge on any atom is -0.478 e. The van der Waals surface area contributed by atoms with Crippen LogP contribution in [0.5, 0.6) is 0 Å². The van der Waals surface area contributed by atoms with Gasteiger partial charge in [0.25, 0.3) is 0 Å². The Balaban J connectivity index is 1.98. The van der Waals surface area contributed by atoms with Crippen molar-refractivity contribution in [2.75, 3.05) is 5.32 Å². The Hall–Kier alpha value is -2.47. The summed E-state index contributed by atoms with van der Waals surface area (Å²) < 4.78 is 0.604. The lowest BCUT2D eigenvalue weighted by atomic mass is 10.1. The Morgan fingerprint density at radius 3 is 2.35 bits per heavy atom. The average molecular weight is 376 g/mol. The highest BCUT2D eigenvalue weighted by Crippen LogP contribution is 2.21. The van der Waals surface area contributed by atoms with Gasteiger partial charge in [0.2, 0.25) is 5.91 Å². The van der Waals surface area contributed by atoms with Gasteiger partial charge in [-0.1, -0.05) is 46.3 Å². The maximum atomic E-state index is 11.9. The van der Waals surface area contributed by atoms with Gasteiger partial charge in [-0.15, -0.1) is 0 Å². The normalized spacial score (nSPS) is 10.1. The van der Waals surface area contributed by atoms with Crippen LogP contribution in [-0.4, -0.2) is 22.8 Å². The molecule has 0 heterocycles. The Morgan fingerprint density at radius 1 is 1.00 bits per heavy atom. The van der Waals surface area contributed by atoms with Crippen molar-refractivity contribution in [2.24, 2.45) is 0 Å². The summed E-state index contributed by atoms with van der Waals surface area (Å²) in [5, 5.41) is 11.7. The molecule has 0 saturated carbocycles. The van der Waals surface area contributed by atoms with Gasteiger partial charge < -0.3 is 10.4 Å². The zero-order valence-electron chi connectivity index (χ0n) is 12.1. The van der Waals surface area contributed by atoms with E-state index in [4.69, 9.17) is 5.11 Å². The van der Waals surface area contributed by atoms with Crippen LogP contribution in [0.1, 0.15) is 33.6 Å². The molecule has 118 valence electrons. The van der Waals surface area contributed by atoms with Crippen molar-refractivity contribution in [1.29, 1.82) is 0 Å². The Bertz CT molecular complexity index is 744. The molecule has 0 bridgehead atoms. The maximum absolute atomic E-state index is 11.9. The molecule has 0 saturated heterocycles. The molecule has 23 heavy (non-hydrogen) atoms. The molecule has 0 fully saturated rings. The Labute approximate surface area is 141 Å². The van der Waals surface area contributed by atoms with Gasteiger partial charge in [0, 0.05) is 22.9 Å². The van der Waals surface area contributed by atoms with Crippen molar-refractivity contribution < 1.29 is 19.5 Å². The van der Waals surface area contributed by atoms with Crippen molar-refractivity contribution >= 4 is 39.3 Å². The van der Waals surface area contributed by atoms with Gasteiger partial charge in [0.15, 0.2) is 5.78 Å². The number of Topliss-reactive ketones (excluding diaryl/α,β-unsaturated/α-hetero) is 1. The third-order valence-electron chi connectivity index (χ3n) is 3.16. The molecule has 2 rings (SSSR count). The van der Waals surface area contributed by atoms with Crippen LogP contribution in [0.15, 0.2) is 53.0 Å². The first kappa shape index (κ1) is 16.9. The summed E-state index contributed by atoms with van der Waals surface area (Å²) in [6, 6.07) is 13.3. The van der Waals surface area contributed by atoms with E-state index < -0.39 is 11.9 Å². The Morgan fingerprint density at radius 2 is 1.70 bits per heavy atom. The van der Waals surface area contributed by atoms with E-state index >= 15 is 0 Å². The van der Waals surface area contributed by atoms with Gasteiger partial charge in [-0.25, -0.2) is 4.79 Å². The van der Waals surface area contributed by atoms with Gasteiger partial charge >= 0.3 is 5.97 Å². The number of aromatic carboxylic acids is 1. The predicted molar refractivity (Wildman–Crippen MR) is 89.7 cm³/mol. The van der Waals surface area contributed by atoms with Crippen LogP contribution in [0, 0.1) is 0 Å². The highest BCUT2D eigenvalue weighted by molar-refractivity contribution is 9.10. The number of rotatable bonds is 6. The van der Waals surface area contributed by atoms with Crippen LogP contribution in [0.2, 0.25) is 0 Å². The van der Waals surface area contributed by atoms with Crippen molar-refractivity contribution in [3.05, 3.63) is 64.1 Å². The van der Waals surface area contributed by atoms with Crippen molar-refractivity contribution in [3.63, 3.8) is 0 Å². The first-order valence-corrected chi connectivity index (χ1v) is 7.67. The molecular formula is C17H14BrNO4. The monoisotopic (exact) mass is 375 g/mol. The minimum atomic E-state index is -1.14. The second-order valence-electron chi connectivity index (χ2n) is 4.83. The van der Waals surface area contributed by atoms with E-state index in [0.717, 1.165) is 0 Å². The second-order valence-corrected chi connectivity index (χ2v) is 5.75. The van der Waals surface area contributed by atoms with E-state index in [-0.39, 0.29) is 29.9 Å². The third-order valence-corrected chi connectivity index (χ3v) is 3.65. The molecule has 0 spiro atoms. The topological polar surface area (TPSA) is 83.5 Å². The number of carbonyl (C=O) groups excluding carboxylic acids is 2. The fraction of sp³-hybridized carbons (Fsp3) is 0.118. The van der Waals surface area contributed by atoms with E-state index in [9.17, 15) is 14.4 Å². The summed E-state index contributed by atoms with van der Waals surface area (Å²) in [6.07, 6.45) is 0.0532. The summed E-state index contributed by atoms with van der Waals surface area (Å²) in [5.41, 5.74) is 0.745. The number of hydrogen-bond acceptors (Lipinski definition) is 3. The van der Waals surface area contributed by atoms with Gasteiger partial charge in [-0.2, -0.15) is 0 Å². The molecule has 6 heteroatoms. The lowest BCUT2D eigenvalue weighted by molar-refractivity contribution is -0.116. The lowest BCUT2D eigenvalue weighted by Crippen LogP contribution is -2.16. The molecular weight excluding hydrogens is 362 g/mol. The number of carboxylic acids is 1. The van der Waals surface area contributed by atoms with Crippen LogP contribution in [0.4, 0.5) is 5.69 Å². The SMILES string of the molecule is O=C(CCC(=O)c1ccccc1)Nc1ccc(Br)cc1C(=O)O. The van der Waals surface area contributed by atoms with Crippen molar-refractivity contribution in [2.45, 2.75) is 12.8 Å². The van der Waals surface area contributed by atoms with Gasteiger partial charge in [-0.3, -0.25) is 9.59 Å². The predicted octanol–water partition coefficient (Wildman–Crippen LogP) is 3.75. The smallest absolute Gasteiger partial charge is 0.337 e. The molecule has 0 aliphatic carbocycles. The number of hydrogen-bond donors (Lipinski definition) is 2. The average Bonchev–Trinajstić information content (AvgIpc) is 2.55. The van der Waals surface area contributed by atoms with E-state index in [1.807, 2.05) is 6.07 Å². The maximum Gasteiger partial charge on any atom is 0.337 e. The van der Waals surface area contributed by atoms with E-state index in [1.54, 1.807) is 30.3 Å². The zero-order valence-corrected chi connectivity index (χ0v) is 13.7. The van der Waals surface area contributed by atoms with Gasteiger partial charge in [-0.05, 0) is 18.2 Å². The molecule has 0 aliphatic rings. The van der Waals surface area contributed by atoms with Gasteiger partial charge in [0.05, 0.1) is 11.3 Å². The van der Waals surface area contributed by atoms with Crippen molar-refractivity contribution in [3.8, 4) is 0 Å². The van der Waals surface area contributed by atoms with E-state index in [1.165, 1.54) is 12.1 Å². The summed E-state index contributed by atoms with van der Waals surface area (Å²) in [6.45, 7) is 0. The minimum absolute atomic E-state index is 0.0111. The largest absolute Gasteiger partial charge is 0.478 e. The van der Waals surface area contributed by atoms with E-state index in [0.29, 0.717) is 10.0 Å². The number of nitrogens with one attached hydrogen (secondary N) is 1. The number of amides is 1. The first-order chi connectivity index (χ1) is 11.0. The number of carboxylic acid groups (broad SMARTS) is 1. The zero-order chi connectivity index (χ0) is 16.8. The molecule has 0 unspecified atom stereocenters. The lowest BCUT2D eigenvalue weighted by Gasteiger charge is -2.09. The molecule has 2 N–H and O–H groups in total. The molecule has 2 aromatic rings. The fourth-order valence-corrected chi connectivity index (χ4v) is 2.37. The van der Waals surface area contributed by atoms with Crippen LogP contribution < -0.4 is 5.32 Å². The summed E-state index contributed by atoms with van der Waals surface area (Å²) in [4.78, 5) is 35.1. The molecule has 0 aliphatic heterocycles. The molecule has 1 amide bonds. The quantitative estimate of drug-likeness (QED) is 0.753. The van der Waals surface area contributed by atoms with Crippen LogP contribution >= 0.6 is 15.9 Å².